The van der Waals surface area contributed by atoms with Gasteiger partial charge in [-0.2, -0.15) is 0 Å². The molecule has 2 rings (SSSR count). The lowest BCUT2D eigenvalue weighted by atomic mass is 10.1. The smallest absolute Gasteiger partial charge is 0.349 e. The monoisotopic (exact) mass is 424 g/mol. The van der Waals surface area contributed by atoms with Gasteiger partial charge >= 0.3 is 5.97 Å². The van der Waals surface area contributed by atoms with E-state index in [1.54, 1.807) is 17.0 Å². The van der Waals surface area contributed by atoms with Crippen LogP contribution in [0.5, 0.6) is 0 Å². The number of fused-ring (bicyclic) bond motifs is 1. The Labute approximate surface area is 173 Å². The van der Waals surface area contributed by atoms with Gasteiger partial charge in [0.05, 0.1) is 13.2 Å². The summed E-state index contributed by atoms with van der Waals surface area (Å²) in [6.07, 6.45) is 0. The molecular formula is C20H25FN2O5S. The number of methoxy groups -OCH3 is 1. The fourth-order valence-corrected chi connectivity index (χ4v) is 4.00. The number of esters is 1. The minimum absolute atomic E-state index is 0.0393. The molecule has 0 spiro atoms. The molecule has 9 heteroatoms. The highest BCUT2D eigenvalue weighted by Gasteiger charge is 2.23. The molecule has 0 aliphatic heterocycles. The molecule has 1 aromatic heterocycles. The van der Waals surface area contributed by atoms with Crippen molar-refractivity contribution >= 4 is 39.2 Å². The first-order chi connectivity index (χ1) is 13.8. The van der Waals surface area contributed by atoms with Gasteiger partial charge in [0, 0.05) is 42.9 Å². The number of carbonyl (C=O) groups excluding carboxylic acids is 3. The number of benzene rings is 1. The lowest BCUT2D eigenvalue weighted by Gasteiger charge is -2.23. The van der Waals surface area contributed by atoms with Crippen molar-refractivity contribution in [2.75, 3.05) is 40.4 Å². The minimum atomic E-state index is -0.727. The number of carbonyl (C=O) groups is 3. The van der Waals surface area contributed by atoms with E-state index < -0.39 is 24.3 Å². The van der Waals surface area contributed by atoms with Crippen molar-refractivity contribution in [1.29, 1.82) is 0 Å². The number of thiophene rings is 1. The molecule has 29 heavy (non-hydrogen) atoms. The standard InChI is InChI=1S/C20H25FN2O5S/c1-5-23(6-2)16(24)10-22(3)17(25)12-28-20(26)19-13(11-27-4)18-14(21)8-7-9-15(18)29-19/h7-9H,5-6,10-12H2,1-4H3. The maximum absolute atomic E-state index is 14.2. The third kappa shape index (κ3) is 5.30. The van der Waals surface area contributed by atoms with Crippen LogP contribution < -0.4 is 0 Å². The number of hydrogen-bond donors (Lipinski definition) is 0. The molecule has 0 aliphatic carbocycles. The van der Waals surface area contributed by atoms with E-state index in [0.29, 0.717) is 28.7 Å². The largest absolute Gasteiger partial charge is 0.451 e. The van der Waals surface area contributed by atoms with Crippen LogP contribution >= 0.6 is 11.3 Å². The zero-order valence-corrected chi connectivity index (χ0v) is 17.8. The Balaban J connectivity index is 2.07. The average Bonchev–Trinajstić information content (AvgIpc) is 3.07. The number of hydrogen-bond acceptors (Lipinski definition) is 6. The molecule has 0 bridgehead atoms. The zero-order valence-electron chi connectivity index (χ0n) is 17.0. The molecule has 0 N–H and O–H groups in total. The number of rotatable bonds is 9. The van der Waals surface area contributed by atoms with Crippen molar-refractivity contribution in [3.63, 3.8) is 0 Å². The molecule has 158 valence electrons. The summed E-state index contributed by atoms with van der Waals surface area (Å²) in [6.45, 7) is 4.25. The maximum atomic E-state index is 14.2. The first-order valence-corrected chi connectivity index (χ1v) is 10.0. The van der Waals surface area contributed by atoms with E-state index in [1.165, 1.54) is 25.1 Å². The topological polar surface area (TPSA) is 76.2 Å². The van der Waals surface area contributed by atoms with Crippen molar-refractivity contribution in [2.45, 2.75) is 20.5 Å². The van der Waals surface area contributed by atoms with Crippen molar-refractivity contribution in [1.82, 2.24) is 9.80 Å². The van der Waals surface area contributed by atoms with E-state index in [4.69, 9.17) is 9.47 Å². The number of nitrogens with zero attached hydrogens (tertiary/aromatic N) is 2. The maximum Gasteiger partial charge on any atom is 0.349 e. The van der Waals surface area contributed by atoms with Gasteiger partial charge in [0.15, 0.2) is 6.61 Å². The number of likely N-dealkylation sites (N-methyl/N-ethyl adjacent to an activating group) is 2. The molecule has 0 saturated heterocycles. The third-order valence-electron chi connectivity index (χ3n) is 4.48. The molecule has 2 amide bonds. The van der Waals surface area contributed by atoms with Crippen molar-refractivity contribution < 1.29 is 28.2 Å². The van der Waals surface area contributed by atoms with Gasteiger partial charge in [0.1, 0.15) is 10.7 Å². The first-order valence-electron chi connectivity index (χ1n) is 9.21. The first kappa shape index (κ1) is 22.8. The minimum Gasteiger partial charge on any atom is -0.451 e. The highest BCUT2D eigenvalue weighted by molar-refractivity contribution is 7.21. The van der Waals surface area contributed by atoms with Crippen LogP contribution in [0.3, 0.4) is 0 Å². The van der Waals surface area contributed by atoms with Crippen molar-refractivity contribution in [3.8, 4) is 0 Å². The van der Waals surface area contributed by atoms with E-state index in [0.717, 1.165) is 11.3 Å². The predicted molar refractivity (Wildman–Crippen MR) is 108 cm³/mol. The normalized spacial score (nSPS) is 10.8. The molecule has 1 aromatic carbocycles. The van der Waals surface area contributed by atoms with E-state index in [1.807, 2.05) is 13.8 Å². The molecular weight excluding hydrogens is 399 g/mol. The Bertz CT molecular complexity index is 894. The summed E-state index contributed by atoms with van der Waals surface area (Å²) in [5.74, 6) is -1.86. The van der Waals surface area contributed by atoms with Gasteiger partial charge in [0.2, 0.25) is 5.91 Å². The van der Waals surface area contributed by atoms with Crippen LogP contribution in [-0.2, 0) is 25.7 Å². The summed E-state index contributed by atoms with van der Waals surface area (Å²) in [5.41, 5.74) is 0.396. The van der Waals surface area contributed by atoms with E-state index in [9.17, 15) is 18.8 Å². The quantitative estimate of drug-likeness (QED) is 0.579. The van der Waals surface area contributed by atoms with Crippen LogP contribution in [-0.4, -0.2) is 68.0 Å². The van der Waals surface area contributed by atoms with Crippen LogP contribution in [0.2, 0.25) is 0 Å². The summed E-state index contributed by atoms with van der Waals surface area (Å²) in [5, 5.41) is 0.319. The van der Waals surface area contributed by atoms with Gasteiger partial charge in [-0.25, -0.2) is 9.18 Å². The molecule has 0 radical (unpaired) electrons. The van der Waals surface area contributed by atoms with Gasteiger partial charge in [-0.15, -0.1) is 11.3 Å². The van der Waals surface area contributed by atoms with Gasteiger partial charge in [-0.05, 0) is 26.0 Å². The molecule has 0 unspecified atom stereocenters. The molecule has 1 heterocycles. The van der Waals surface area contributed by atoms with Gasteiger partial charge in [-0.1, -0.05) is 6.07 Å². The molecule has 0 atom stereocenters. The Hall–Kier alpha value is -2.52. The highest BCUT2D eigenvalue weighted by atomic mass is 32.1. The van der Waals surface area contributed by atoms with Crippen molar-refractivity contribution in [2.24, 2.45) is 0 Å². The molecule has 0 fully saturated rings. The summed E-state index contributed by atoms with van der Waals surface area (Å²) < 4.78 is 25.1. The van der Waals surface area contributed by atoms with Gasteiger partial charge < -0.3 is 19.3 Å². The van der Waals surface area contributed by atoms with Crippen LogP contribution in [0.15, 0.2) is 18.2 Å². The lowest BCUT2D eigenvalue weighted by molar-refractivity contribution is -0.140. The SMILES string of the molecule is CCN(CC)C(=O)CN(C)C(=O)COC(=O)c1sc2cccc(F)c2c1COC. The second-order valence-electron chi connectivity index (χ2n) is 6.35. The number of ether oxygens (including phenoxy) is 2. The second kappa shape index (κ2) is 10.3. The summed E-state index contributed by atoms with van der Waals surface area (Å²) in [4.78, 5) is 39.9. The van der Waals surface area contributed by atoms with Gasteiger partial charge in [-0.3, -0.25) is 9.59 Å². The third-order valence-corrected chi connectivity index (χ3v) is 5.66. The Kier molecular flexibility index (Phi) is 8.10. The van der Waals surface area contributed by atoms with Crippen LogP contribution in [0, 0.1) is 5.82 Å². The zero-order chi connectivity index (χ0) is 21.6. The molecule has 0 aliphatic rings. The second-order valence-corrected chi connectivity index (χ2v) is 7.40. The van der Waals surface area contributed by atoms with Gasteiger partial charge in [0.25, 0.3) is 5.91 Å². The van der Waals surface area contributed by atoms with E-state index in [2.05, 4.69) is 0 Å². The molecule has 0 saturated carbocycles. The fourth-order valence-electron chi connectivity index (χ4n) is 2.88. The summed E-state index contributed by atoms with van der Waals surface area (Å²) in [7, 11) is 2.92. The van der Waals surface area contributed by atoms with Crippen molar-refractivity contribution in [3.05, 3.63) is 34.5 Å². The number of amides is 2. The van der Waals surface area contributed by atoms with Crippen LogP contribution in [0.4, 0.5) is 4.39 Å². The molecule has 7 nitrogen and oxygen atoms in total. The van der Waals surface area contributed by atoms with E-state index >= 15 is 0 Å². The predicted octanol–water partition coefficient (Wildman–Crippen LogP) is 2.67. The Morgan fingerprint density at radius 2 is 1.83 bits per heavy atom. The average molecular weight is 424 g/mol. The fraction of sp³-hybridized carbons (Fsp3) is 0.450. The van der Waals surface area contributed by atoms with Crippen LogP contribution in [0.25, 0.3) is 10.1 Å². The Morgan fingerprint density at radius 3 is 2.45 bits per heavy atom. The Morgan fingerprint density at radius 1 is 1.14 bits per heavy atom. The van der Waals surface area contributed by atoms with E-state index in [-0.39, 0.29) is 23.9 Å². The number of halogens is 1. The lowest BCUT2D eigenvalue weighted by Crippen LogP contribution is -2.42. The molecule has 2 aromatic rings. The summed E-state index contributed by atoms with van der Waals surface area (Å²) in [6, 6.07) is 4.58. The highest BCUT2D eigenvalue weighted by Crippen LogP contribution is 2.34. The summed E-state index contributed by atoms with van der Waals surface area (Å²) >= 11 is 1.09. The van der Waals surface area contributed by atoms with Crippen LogP contribution in [0.1, 0.15) is 29.1 Å².